The number of nitrogens with zero attached hydrogens (tertiary/aromatic N) is 2. The van der Waals surface area contributed by atoms with Crippen LogP contribution >= 0.6 is 11.8 Å². The Morgan fingerprint density at radius 1 is 1.33 bits per heavy atom. The topological polar surface area (TPSA) is 46.9 Å². The molecule has 1 heterocycles. The quantitative estimate of drug-likeness (QED) is 0.923. The van der Waals surface area contributed by atoms with Crippen molar-refractivity contribution in [3.8, 4) is 0 Å². The lowest BCUT2D eigenvalue weighted by Crippen LogP contribution is -2.16. The van der Waals surface area contributed by atoms with Crippen LogP contribution in [0.1, 0.15) is 22.5 Å². The summed E-state index contributed by atoms with van der Waals surface area (Å²) >= 11 is 1.74. The number of amides is 1. The Hall–Kier alpha value is -1.75. The van der Waals surface area contributed by atoms with Gasteiger partial charge in [0, 0.05) is 29.7 Å². The third-order valence-corrected chi connectivity index (χ3v) is 4.19. The fourth-order valence-electron chi connectivity index (χ4n) is 2.35. The Morgan fingerprint density at radius 2 is 2.05 bits per heavy atom. The molecule has 4 nitrogen and oxygen atoms in total. The fraction of sp³-hybridized carbons (Fsp3) is 0.375. The van der Waals surface area contributed by atoms with Gasteiger partial charge in [-0.1, -0.05) is 18.2 Å². The van der Waals surface area contributed by atoms with Crippen molar-refractivity contribution in [3.05, 3.63) is 46.8 Å². The molecule has 2 aromatic rings. The monoisotopic (exact) mass is 303 g/mol. The maximum Gasteiger partial charge on any atom is 0.228 e. The minimum Gasteiger partial charge on any atom is -0.326 e. The highest BCUT2D eigenvalue weighted by molar-refractivity contribution is 7.97. The Balaban J connectivity index is 2.12. The highest BCUT2D eigenvalue weighted by Crippen LogP contribution is 2.20. The predicted octanol–water partition coefficient (Wildman–Crippen LogP) is 3.08. The zero-order chi connectivity index (χ0) is 15.4. The molecule has 1 N–H and O–H groups in total. The van der Waals surface area contributed by atoms with Gasteiger partial charge in [0.15, 0.2) is 0 Å². The number of aromatic nitrogens is 2. The van der Waals surface area contributed by atoms with Crippen molar-refractivity contribution in [2.24, 2.45) is 7.05 Å². The maximum atomic E-state index is 12.3. The number of carbonyl (C=O) groups excluding carboxylic acids is 1. The molecule has 0 unspecified atom stereocenters. The van der Waals surface area contributed by atoms with E-state index in [0.29, 0.717) is 6.42 Å². The Bertz CT molecular complexity index is 649. The zero-order valence-electron chi connectivity index (χ0n) is 12.9. The molecule has 1 aromatic carbocycles. The molecule has 0 radical (unpaired) electrons. The lowest BCUT2D eigenvalue weighted by molar-refractivity contribution is -0.115. The van der Waals surface area contributed by atoms with Crippen LogP contribution in [-0.4, -0.2) is 21.9 Å². The van der Waals surface area contributed by atoms with Crippen LogP contribution in [-0.2, 0) is 24.0 Å². The van der Waals surface area contributed by atoms with Crippen LogP contribution in [0.25, 0.3) is 0 Å². The van der Waals surface area contributed by atoms with Crippen LogP contribution < -0.4 is 5.32 Å². The van der Waals surface area contributed by atoms with Gasteiger partial charge in [0.25, 0.3) is 0 Å². The number of benzene rings is 1. The molecule has 0 atom stereocenters. The van der Waals surface area contributed by atoms with Crippen LogP contribution in [0.2, 0.25) is 0 Å². The van der Waals surface area contributed by atoms with Crippen LogP contribution in [0.5, 0.6) is 0 Å². The molecule has 0 aliphatic rings. The van der Waals surface area contributed by atoms with Crippen LogP contribution in [0.4, 0.5) is 5.69 Å². The van der Waals surface area contributed by atoms with Gasteiger partial charge in [-0.2, -0.15) is 16.9 Å². The van der Waals surface area contributed by atoms with E-state index < -0.39 is 0 Å². The lowest BCUT2D eigenvalue weighted by atomic mass is 10.1. The molecule has 0 saturated carbocycles. The van der Waals surface area contributed by atoms with E-state index in [-0.39, 0.29) is 5.91 Å². The maximum absolute atomic E-state index is 12.3. The number of carbonyl (C=O) groups is 1. The Labute approximate surface area is 129 Å². The molecule has 1 amide bonds. The summed E-state index contributed by atoms with van der Waals surface area (Å²) in [4.78, 5) is 12.3. The largest absolute Gasteiger partial charge is 0.326 e. The van der Waals surface area contributed by atoms with E-state index in [1.165, 1.54) is 0 Å². The number of para-hydroxylation sites is 1. The first-order valence-electron chi connectivity index (χ1n) is 6.88. The first-order chi connectivity index (χ1) is 10.0. The van der Waals surface area contributed by atoms with Gasteiger partial charge in [-0.15, -0.1) is 0 Å². The molecule has 0 bridgehead atoms. The van der Waals surface area contributed by atoms with Gasteiger partial charge in [-0.3, -0.25) is 9.48 Å². The van der Waals surface area contributed by atoms with Crippen LogP contribution in [0.3, 0.4) is 0 Å². The van der Waals surface area contributed by atoms with Gasteiger partial charge in [-0.25, -0.2) is 0 Å². The van der Waals surface area contributed by atoms with Crippen molar-refractivity contribution in [3.63, 3.8) is 0 Å². The minimum absolute atomic E-state index is 0.00255. The third-order valence-electron chi connectivity index (χ3n) is 3.59. The second-order valence-electron chi connectivity index (χ2n) is 5.09. The van der Waals surface area contributed by atoms with Crippen molar-refractivity contribution in [2.75, 3.05) is 11.6 Å². The highest BCUT2D eigenvalue weighted by atomic mass is 32.2. The summed E-state index contributed by atoms with van der Waals surface area (Å²) in [7, 11) is 1.90. The summed E-state index contributed by atoms with van der Waals surface area (Å²) in [5, 5.41) is 7.37. The molecule has 0 aliphatic carbocycles. The molecule has 1 aromatic heterocycles. The summed E-state index contributed by atoms with van der Waals surface area (Å²) in [6, 6.07) is 7.94. The van der Waals surface area contributed by atoms with Crippen LogP contribution in [0, 0.1) is 13.8 Å². The van der Waals surface area contributed by atoms with E-state index in [0.717, 1.165) is 34.0 Å². The molecular formula is C16H21N3OS. The second-order valence-corrected chi connectivity index (χ2v) is 5.95. The lowest BCUT2D eigenvalue weighted by Gasteiger charge is -2.10. The van der Waals surface area contributed by atoms with Crippen molar-refractivity contribution >= 4 is 23.4 Å². The van der Waals surface area contributed by atoms with Crippen LogP contribution in [0.15, 0.2) is 24.3 Å². The van der Waals surface area contributed by atoms with Crippen molar-refractivity contribution in [1.29, 1.82) is 0 Å². The number of rotatable bonds is 5. The average Bonchev–Trinajstić information content (AvgIpc) is 2.68. The number of nitrogens with one attached hydrogen (secondary N) is 1. The minimum atomic E-state index is 0.00255. The number of hydrogen-bond donors (Lipinski definition) is 1. The second kappa shape index (κ2) is 6.80. The summed E-state index contributed by atoms with van der Waals surface area (Å²) in [5.41, 5.74) is 5.02. The number of aryl methyl sites for hydroxylation is 2. The van der Waals surface area contributed by atoms with Crippen molar-refractivity contribution < 1.29 is 4.79 Å². The van der Waals surface area contributed by atoms with Gasteiger partial charge in [0.2, 0.25) is 5.91 Å². The first-order valence-corrected chi connectivity index (χ1v) is 8.28. The van der Waals surface area contributed by atoms with E-state index in [1.807, 2.05) is 49.8 Å². The van der Waals surface area contributed by atoms with E-state index >= 15 is 0 Å². The third kappa shape index (κ3) is 3.67. The summed E-state index contributed by atoms with van der Waals surface area (Å²) in [6.07, 6.45) is 2.42. The number of hydrogen-bond acceptors (Lipinski definition) is 3. The highest BCUT2D eigenvalue weighted by Gasteiger charge is 2.14. The first kappa shape index (κ1) is 15.6. The SMILES string of the molecule is CSCc1ccccc1NC(=O)Cc1c(C)nn(C)c1C. The van der Waals surface area contributed by atoms with E-state index in [9.17, 15) is 4.79 Å². The van der Waals surface area contributed by atoms with E-state index in [2.05, 4.69) is 16.7 Å². The molecule has 0 spiro atoms. The Morgan fingerprint density at radius 3 is 2.67 bits per heavy atom. The molecule has 5 heteroatoms. The van der Waals surface area contributed by atoms with Gasteiger partial charge in [0.1, 0.15) is 0 Å². The van der Waals surface area contributed by atoms with Gasteiger partial charge < -0.3 is 5.32 Å². The fourth-order valence-corrected chi connectivity index (χ4v) is 2.91. The van der Waals surface area contributed by atoms with Gasteiger partial charge in [-0.05, 0) is 31.7 Å². The van der Waals surface area contributed by atoms with E-state index in [1.54, 1.807) is 11.8 Å². The van der Waals surface area contributed by atoms with E-state index in [4.69, 9.17) is 0 Å². The summed E-state index contributed by atoms with van der Waals surface area (Å²) < 4.78 is 1.82. The molecule has 2 rings (SSSR count). The molecule has 21 heavy (non-hydrogen) atoms. The molecule has 0 saturated heterocycles. The van der Waals surface area contributed by atoms with Crippen molar-refractivity contribution in [1.82, 2.24) is 9.78 Å². The number of thioether (sulfide) groups is 1. The normalized spacial score (nSPS) is 10.7. The van der Waals surface area contributed by atoms with Gasteiger partial charge >= 0.3 is 0 Å². The standard InChI is InChI=1S/C16H21N3OS/c1-11-14(12(2)19(3)18-11)9-16(20)17-15-8-6-5-7-13(15)10-21-4/h5-8H,9-10H2,1-4H3,(H,17,20). The Kier molecular flexibility index (Phi) is 5.07. The average molecular weight is 303 g/mol. The van der Waals surface area contributed by atoms with Crippen molar-refractivity contribution in [2.45, 2.75) is 26.0 Å². The molecule has 0 fully saturated rings. The summed E-state index contributed by atoms with van der Waals surface area (Å²) in [6.45, 7) is 3.93. The number of anilines is 1. The molecular weight excluding hydrogens is 282 g/mol. The smallest absolute Gasteiger partial charge is 0.228 e. The summed E-state index contributed by atoms with van der Waals surface area (Å²) in [5.74, 6) is 0.893. The van der Waals surface area contributed by atoms with Gasteiger partial charge in [0.05, 0.1) is 12.1 Å². The zero-order valence-corrected chi connectivity index (χ0v) is 13.8. The molecule has 112 valence electrons. The molecule has 0 aliphatic heterocycles. The predicted molar refractivity (Wildman–Crippen MR) is 88.7 cm³/mol.